The Morgan fingerprint density at radius 2 is 1.68 bits per heavy atom. The van der Waals surface area contributed by atoms with E-state index in [1.165, 1.54) is 16.9 Å². The van der Waals surface area contributed by atoms with E-state index in [0.717, 1.165) is 17.7 Å². The van der Waals surface area contributed by atoms with Crippen LogP contribution in [0.15, 0.2) is 78.4 Å². The van der Waals surface area contributed by atoms with E-state index in [4.69, 9.17) is 0 Å². The van der Waals surface area contributed by atoms with Gasteiger partial charge in [0.2, 0.25) is 5.91 Å². The Hall–Kier alpha value is -3.22. The lowest BCUT2D eigenvalue weighted by Gasteiger charge is -2.56. The lowest BCUT2D eigenvalue weighted by atomic mass is 9.49. The number of aliphatic hydroxyl groups excluding tert-OH is 1. The van der Waals surface area contributed by atoms with Crippen LogP contribution in [0.25, 0.3) is 0 Å². The molecule has 1 saturated heterocycles. The van der Waals surface area contributed by atoms with Crippen molar-refractivity contribution in [2.45, 2.75) is 64.6 Å². The molecule has 3 aliphatic carbocycles. The topological polar surface area (TPSA) is 72.9 Å². The molecule has 2 aliphatic heterocycles. The number of para-hydroxylation sites is 1. The third-order valence-corrected chi connectivity index (χ3v) is 9.45. The van der Waals surface area contributed by atoms with Gasteiger partial charge in [-0.15, -0.1) is 0 Å². The highest BCUT2D eigenvalue weighted by Gasteiger charge is 2.55. The van der Waals surface area contributed by atoms with E-state index in [9.17, 15) is 14.7 Å². The molecule has 2 N–H and O–H groups in total. The van der Waals surface area contributed by atoms with Crippen molar-refractivity contribution in [3.63, 3.8) is 0 Å². The lowest BCUT2D eigenvalue weighted by molar-refractivity contribution is -0.123. The van der Waals surface area contributed by atoms with Gasteiger partial charge in [0.15, 0.2) is 0 Å². The van der Waals surface area contributed by atoms with Crippen LogP contribution in [0.1, 0.15) is 52.0 Å². The summed E-state index contributed by atoms with van der Waals surface area (Å²) in [6.07, 6.45) is 7.27. The van der Waals surface area contributed by atoms with E-state index in [1.54, 1.807) is 12.1 Å². The van der Waals surface area contributed by atoms with Gasteiger partial charge in [0.1, 0.15) is 6.04 Å². The average Bonchev–Trinajstić information content (AvgIpc) is 3.18. The van der Waals surface area contributed by atoms with Gasteiger partial charge in [0.05, 0.1) is 23.8 Å². The fourth-order valence-electron chi connectivity index (χ4n) is 6.73. The molecule has 198 valence electrons. The number of benzene rings is 2. The summed E-state index contributed by atoms with van der Waals surface area (Å²) in [5, 5.41) is 13.5. The van der Waals surface area contributed by atoms with Crippen molar-refractivity contribution < 1.29 is 14.7 Å². The van der Waals surface area contributed by atoms with E-state index >= 15 is 0 Å². The molecule has 38 heavy (non-hydrogen) atoms. The Kier molecular flexibility index (Phi) is 6.08. The number of imide groups is 1. The first kappa shape index (κ1) is 25.1. The molecule has 0 radical (unpaired) electrons. The second kappa shape index (κ2) is 9.21. The summed E-state index contributed by atoms with van der Waals surface area (Å²) < 4.78 is 0. The van der Waals surface area contributed by atoms with Crippen molar-refractivity contribution in [2.75, 3.05) is 10.3 Å². The van der Waals surface area contributed by atoms with Gasteiger partial charge >= 0.3 is 0 Å². The molecule has 6 nitrogen and oxygen atoms in total. The van der Waals surface area contributed by atoms with Crippen LogP contribution in [-0.4, -0.2) is 40.1 Å². The number of carbonyl (C=O) groups excluding carboxylic acids is 2. The van der Waals surface area contributed by atoms with Crippen molar-refractivity contribution in [3.05, 3.63) is 84.0 Å². The summed E-state index contributed by atoms with van der Waals surface area (Å²) in [4.78, 5) is 28.7. The van der Waals surface area contributed by atoms with Crippen LogP contribution in [-0.2, 0) is 9.59 Å². The molecular weight excluding hydrogens is 474 g/mol. The van der Waals surface area contributed by atoms with E-state index in [-0.39, 0.29) is 17.2 Å². The van der Waals surface area contributed by atoms with Gasteiger partial charge in [-0.25, -0.2) is 9.91 Å². The first-order valence-electron chi connectivity index (χ1n) is 13.8. The third-order valence-electron chi connectivity index (χ3n) is 9.45. The molecular formula is C32H37N3O3. The molecule has 2 amide bonds. The standard InChI is InChI=1S/C32H37N3O3/c1-19(2)20-10-12-24(13-11-20)33-35-27(29(36)21-16-22-18-23(17-21)32(22,3)4)15-14-26-28(35)31(38)34(30(26)37)25-8-6-5-7-9-25/h5-16,19,22-23,26-29,33,36H,17-18H2,1-4H3/t22-,23-,26?,27?,28?,29?/m1/s1. The highest BCUT2D eigenvalue weighted by atomic mass is 16.3. The van der Waals surface area contributed by atoms with Crippen LogP contribution in [0.4, 0.5) is 11.4 Å². The number of carbonyl (C=O) groups is 2. The zero-order valence-corrected chi connectivity index (χ0v) is 22.5. The molecule has 2 aromatic rings. The fourth-order valence-corrected chi connectivity index (χ4v) is 6.73. The SMILES string of the molecule is CC(C)c1ccc(NN2C(C(O)C3=C[C@@H]4C[C@@H](C3)C4(C)C)C=CC3C(=O)N(c4ccccc4)C(=O)C32)cc1. The predicted molar refractivity (Wildman–Crippen MR) is 149 cm³/mol. The number of fused-ring (bicyclic) bond motifs is 2. The van der Waals surface area contributed by atoms with Gasteiger partial charge < -0.3 is 10.5 Å². The van der Waals surface area contributed by atoms with Crippen LogP contribution < -0.4 is 10.3 Å². The Morgan fingerprint density at radius 1 is 0.974 bits per heavy atom. The smallest absolute Gasteiger partial charge is 0.254 e. The third kappa shape index (κ3) is 3.93. The van der Waals surface area contributed by atoms with Crippen LogP contribution in [0, 0.1) is 23.2 Å². The molecule has 4 unspecified atom stereocenters. The van der Waals surface area contributed by atoms with Gasteiger partial charge in [0.25, 0.3) is 5.91 Å². The molecule has 2 aromatic carbocycles. The lowest BCUT2D eigenvalue weighted by Crippen LogP contribution is -2.58. The molecule has 0 aromatic heterocycles. The maximum absolute atomic E-state index is 13.9. The van der Waals surface area contributed by atoms with Gasteiger partial charge in [-0.2, -0.15) is 0 Å². The van der Waals surface area contributed by atoms with E-state index in [2.05, 4.69) is 51.3 Å². The van der Waals surface area contributed by atoms with Crippen molar-refractivity contribution >= 4 is 23.2 Å². The quantitative estimate of drug-likeness (QED) is 0.407. The zero-order chi connectivity index (χ0) is 26.8. The average molecular weight is 512 g/mol. The minimum atomic E-state index is -0.773. The van der Waals surface area contributed by atoms with Crippen LogP contribution in [0.5, 0.6) is 0 Å². The molecule has 2 bridgehead atoms. The molecule has 0 spiro atoms. The summed E-state index contributed by atoms with van der Waals surface area (Å²) in [7, 11) is 0. The van der Waals surface area contributed by atoms with Crippen molar-refractivity contribution in [1.29, 1.82) is 0 Å². The fraction of sp³-hybridized carbons (Fsp3) is 0.438. The monoisotopic (exact) mass is 511 g/mol. The molecule has 2 fully saturated rings. The Balaban J connectivity index is 1.35. The van der Waals surface area contributed by atoms with Gasteiger partial charge in [-0.3, -0.25) is 9.59 Å². The van der Waals surface area contributed by atoms with E-state index < -0.39 is 24.1 Å². The highest BCUT2D eigenvalue weighted by molar-refractivity contribution is 6.24. The second-order valence-corrected chi connectivity index (χ2v) is 12.2. The van der Waals surface area contributed by atoms with Crippen LogP contribution in [0.3, 0.4) is 0 Å². The number of allylic oxidation sites excluding steroid dienone is 1. The summed E-state index contributed by atoms with van der Waals surface area (Å²) in [6.45, 7) is 8.93. The molecule has 2 heterocycles. The van der Waals surface area contributed by atoms with Crippen LogP contribution in [0.2, 0.25) is 0 Å². The number of anilines is 2. The molecule has 7 rings (SSSR count). The summed E-state index contributed by atoms with van der Waals surface area (Å²) in [5.41, 5.74) is 7.37. The zero-order valence-electron chi connectivity index (χ0n) is 22.5. The number of aliphatic hydroxyl groups is 1. The number of nitrogens with one attached hydrogen (secondary N) is 1. The number of rotatable bonds is 6. The molecule has 6 atom stereocenters. The van der Waals surface area contributed by atoms with Crippen LogP contribution >= 0.6 is 0 Å². The number of hydrogen-bond donors (Lipinski definition) is 2. The summed E-state index contributed by atoms with van der Waals surface area (Å²) in [6, 6.07) is 16.0. The first-order chi connectivity index (χ1) is 18.2. The van der Waals surface area contributed by atoms with Crippen molar-refractivity contribution in [1.82, 2.24) is 5.01 Å². The van der Waals surface area contributed by atoms with Gasteiger partial charge in [-0.1, -0.05) is 76.3 Å². The first-order valence-corrected chi connectivity index (χ1v) is 13.8. The minimum Gasteiger partial charge on any atom is -0.387 e. The maximum atomic E-state index is 13.9. The molecule has 5 aliphatic rings. The molecule has 1 saturated carbocycles. The molecule has 6 heteroatoms. The summed E-state index contributed by atoms with van der Waals surface area (Å²) >= 11 is 0. The van der Waals surface area contributed by atoms with Gasteiger partial charge in [0, 0.05) is 5.69 Å². The van der Waals surface area contributed by atoms with E-state index in [0.29, 0.717) is 23.4 Å². The number of nitrogens with zero attached hydrogens (tertiary/aromatic N) is 2. The highest BCUT2D eigenvalue weighted by Crippen LogP contribution is 2.58. The van der Waals surface area contributed by atoms with E-state index in [1.807, 2.05) is 47.5 Å². The predicted octanol–water partition coefficient (Wildman–Crippen LogP) is 5.29. The second-order valence-electron chi connectivity index (χ2n) is 12.2. The number of amides is 2. The normalized spacial score (nSPS) is 30.6. The van der Waals surface area contributed by atoms with Crippen molar-refractivity contribution in [3.8, 4) is 0 Å². The van der Waals surface area contributed by atoms with Crippen molar-refractivity contribution in [2.24, 2.45) is 23.2 Å². The Morgan fingerprint density at radius 3 is 2.29 bits per heavy atom. The van der Waals surface area contributed by atoms with Gasteiger partial charge in [-0.05, 0) is 71.4 Å². The minimum absolute atomic E-state index is 0.239. The Labute approximate surface area is 225 Å². The largest absolute Gasteiger partial charge is 0.387 e. The maximum Gasteiger partial charge on any atom is 0.254 e. The summed E-state index contributed by atoms with van der Waals surface area (Å²) in [5.74, 6) is 0.303. The number of hydrogen-bond acceptors (Lipinski definition) is 5. The Bertz CT molecular complexity index is 1300. The number of hydrazine groups is 1.